The summed E-state index contributed by atoms with van der Waals surface area (Å²) in [5, 5.41) is 0. The Labute approximate surface area is 102 Å². The van der Waals surface area contributed by atoms with Gasteiger partial charge < -0.3 is 20.1 Å². The fourth-order valence-electron chi connectivity index (χ4n) is 1.81. The van der Waals surface area contributed by atoms with Gasteiger partial charge in [0.2, 0.25) is 0 Å². The Morgan fingerprint density at radius 1 is 1.53 bits per heavy atom. The fraction of sp³-hybridized carbons (Fsp3) is 0.583. The molecular formula is C12H19N3O2. The summed E-state index contributed by atoms with van der Waals surface area (Å²) in [6.45, 7) is 2.15. The van der Waals surface area contributed by atoms with E-state index in [4.69, 9.17) is 15.2 Å². The monoisotopic (exact) mass is 237 g/mol. The normalized spacial score (nSPS) is 19.8. The Morgan fingerprint density at radius 2 is 2.35 bits per heavy atom. The molecule has 0 bridgehead atoms. The van der Waals surface area contributed by atoms with E-state index < -0.39 is 0 Å². The van der Waals surface area contributed by atoms with Gasteiger partial charge in [0.05, 0.1) is 18.9 Å². The first-order valence-corrected chi connectivity index (χ1v) is 5.79. The maximum absolute atomic E-state index is 5.89. The Hall–Kier alpha value is -1.33. The van der Waals surface area contributed by atoms with Crippen LogP contribution in [0.1, 0.15) is 12.1 Å². The van der Waals surface area contributed by atoms with Crippen molar-refractivity contribution in [1.29, 1.82) is 0 Å². The third-order valence-corrected chi connectivity index (χ3v) is 2.60. The first-order chi connectivity index (χ1) is 8.15. The third-order valence-electron chi connectivity index (χ3n) is 2.60. The van der Waals surface area contributed by atoms with Crippen molar-refractivity contribution in [3.63, 3.8) is 0 Å². The average Bonchev–Trinajstić information content (AvgIpc) is 2.74. The number of rotatable bonds is 4. The number of anilines is 1. The molecule has 0 spiro atoms. The molecule has 5 heteroatoms. The highest BCUT2D eigenvalue weighted by Gasteiger charge is 2.19. The maximum atomic E-state index is 5.89. The lowest BCUT2D eigenvalue weighted by molar-refractivity contribution is 0.139. The summed E-state index contributed by atoms with van der Waals surface area (Å²) in [7, 11) is 3.99. The number of aromatic nitrogens is 1. The van der Waals surface area contributed by atoms with Crippen molar-refractivity contribution in [2.45, 2.75) is 19.1 Å². The van der Waals surface area contributed by atoms with Crippen LogP contribution in [0, 0.1) is 0 Å². The molecule has 0 amide bonds. The molecule has 1 aliphatic heterocycles. The predicted molar refractivity (Wildman–Crippen MR) is 65.9 cm³/mol. The smallest absolute Gasteiger partial charge is 0.142 e. The zero-order chi connectivity index (χ0) is 12.3. The van der Waals surface area contributed by atoms with Crippen LogP contribution in [0.5, 0.6) is 5.75 Å². The molecule has 1 aromatic heterocycles. The lowest BCUT2D eigenvalue weighted by Crippen LogP contribution is -2.19. The van der Waals surface area contributed by atoms with Crippen LogP contribution in [0.15, 0.2) is 12.1 Å². The molecule has 1 aliphatic rings. The van der Waals surface area contributed by atoms with E-state index in [1.165, 1.54) is 0 Å². The second-order valence-corrected chi connectivity index (χ2v) is 4.52. The Kier molecular flexibility index (Phi) is 3.81. The minimum Gasteiger partial charge on any atom is -0.486 e. The van der Waals surface area contributed by atoms with Crippen LogP contribution in [0.4, 0.5) is 5.82 Å². The molecule has 0 saturated carbocycles. The molecule has 1 atom stereocenters. The van der Waals surface area contributed by atoms with Crippen LogP contribution in [-0.4, -0.2) is 43.3 Å². The summed E-state index contributed by atoms with van der Waals surface area (Å²) in [6, 6.07) is 3.66. The van der Waals surface area contributed by atoms with Gasteiger partial charge in [-0.15, -0.1) is 0 Å². The first-order valence-electron chi connectivity index (χ1n) is 5.79. The number of hydrogen-bond acceptors (Lipinski definition) is 5. The molecule has 1 saturated heterocycles. The molecule has 2 heterocycles. The predicted octanol–water partition coefficient (Wildman–Crippen LogP) is 0.893. The molecule has 1 unspecified atom stereocenters. The first kappa shape index (κ1) is 12.1. The summed E-state index contributed by atoms with van der Waals surface area (Å²) in [6.07, 6.45) is 1.08. The summed E-state index contributed by atoms with van der Waals surface area (Å²) in [4.78, 5) is 6.37. The van der Waals surface area contributed by atoms with E-state index in [0.717, 1.165) is 24.5 Å². The zero-order valence-electron chi connectivity index (χ0n) is 10.3. The van der Waals surface area contributed by atoms with Gasteiger partial charge in [-0.05, 0) is 26.2 Å². The summed E-state index contributed by atoms with van der Waals surface area (Å²) in [5.74, 6) is 1.33. The highest BCUT2D eigenvalue weighted by molar-refractivity contribution is 5.38. The summed E-state index contributed by atoms with van der Waals surface area (Å²) < 4.78 is 11.2. The Bertz CT molecular complexity index is 376. The number of hydrogen-bond donors (Lipinski definition) is 1. The van der Waals surface area contributed by atoms with Crippen molar-refractivity contribution < 1.29 is 9.47 Å². The lowest BCUT2D eigenvalue weighted by atomic mass is 10.2. The van der Waals surface area contributed by atoms with E-state index in [-0.39, 0.29) is 6.10 Å². The van der Waals surface area contributed by atoms with E-state index >= 15 is 0 Å². The van der Waals surface area contributed by atoms with Crippen molar-refractivity contribution in [2.24, 2.45) is 0 Å². The van der Waals surface area contributed by atoms with Crippen LogP contribution < -0.4 is 10.5 Å². The van der Waals surface area contributed by atoms with E-state index in [1.54, 1.807) is 6.07 Å². The molecule has 0 aliphatic carbocycles. The summed E-state index contributed by atoms with van der Waals surface area (Å²) >= 11 is 0. The van der Waals surface area contributed by atoms with Crippen LogP contribution in [0.25, 0.3) is 0 Å². The minimum atomic E-state index is 0.140. The summed E-state index contributed by atoms with van der Waals surface area (Å²) in [5.41, 5.74) is 6.58. The van der Waals surface area contributed by atoms with Gasteiger partial charge in [-0.25, -0.2) is 4.98 Å². The van der Waals surface area contributed by atoms with Gasteiger partial charge in [0.1, 0.15) is 17.7 Å². The molecule has 1 fully saturated rings. The SMILES string of the molecule is CN(C)Cc1nc(N)ccc1OC1CCOC1. The molecule has 17 heavy (non-hydrogen) atoms. The minimum absolute atomic E-state index is 0.140. The van der Waals surface area contributed by atoms with E-state index in [9.17, 15) is 0 Å². The topological polar surface area (TPSA) is 60.6 Å². The molecule has 0 aromatic carbocycles. The van der Waals surface area contributed by atoms with E-state index in [0.29, 0.717) is 19.0 Å². The number of ether oxygens (including phenoxy) is 2. The van der Waals surface area contributed by atoms with Gasteiger partial charge >= 0.3 is 0 Å². The second kappa shape index (κ2) is 5.33. The molecular weight excluding hydrogens is 218 g/mol. The highest BCUT2D eigenvalue weighted by atomic mass is 16.5. The third kappa shape index (κ3) is 3.31. The fourth-order valence-corrected chi connectivity index (χ4v) is 1.81. The van der Waals surface area contributed by atoms with Crippen LogP contribution in [0.3, 0.4) is 0 Å². The Balaban J connectivity index is 2.13. The van der Waals surface area contributed by atoms with Crippen molar-refractivity contribution in [3.05, 3.63) is 17.8 Å². The quantitative estimate of drug-likeness (QED) is 0.842. The Morgan fingerprint density at radius 3 is 3.00 bits per heavy atom. The van der Waals surface area contributed by atoms with Gasteiger partial charge in [0, 0.05) is 13.0 Å². The van der Waals surface area contributed by atoms with Gasteiger partial charge in [-0.3, -0.25) is 0 Å². The van der Waals surface area contributed by atoms with Gasteiger partial charge in [-0.1, -0.05) is 0 Å². The largest absolute Gasteiger partial charge is 0.486 e. The lowest BCUT2D eigenvalue weighted by Gasteiger charge is -2.17. The van der Waals surface area contributed by atoms with Crippen molar-refractivity contribution in [1.82, 2.24) is 9.88 Å². The molecule has 2 rings (SSSR count). The number of nitrogen functional groups attached to an aromatic ring is 1. The van der Waals surface area contributed by atoms with Crippen LogP contribution in [0.2, 0.25) is 0 Å². The van der Waals surface area contributed by atoms with Crippen molar-refractivity contribution in [3.8, 4) is 5.75 Å². The maximum Gasteiger partial charge on any atom is 0.142 e. The second-order valence-electron chi connectivity index (χ2n) is 4.52. The van der Waals surface area contributed by atoms with Gasteiger partial charge in [0.25, 0.3) is 0 Å². The van der Waals surface area contributed by atoms with Gasteiger partial charge in [-0.2, -0.15) is 0 Å². The van der Waals surface area contributed by atoms with Gasteiger partial charge in [0.15, 0.2) is 0 Å². The number of nitrogens with zero attached hydrogens (tertiary/aromatic N) is 2. The van der Waals surface area contributed by atoms with Crippen molar-refractivity contribution >= 4 is 5.82 Å². The van der Waals surface area contributed by atoms with E-state index in [1.807, 2.05) is 25.1 Å². The molecule has 1 aromatic rings. The molecule has 0 radical (unpaired) electrons. The zero-order valence-corrected chi connectivity index (χ0v) is 10.3. The van der Waals surface area contributed by atoms with Crippen LogP contribution >= 0.6 is 0 Å². The molecule has 5 nitrogen and oxygen atoms in total. The number of pyridine rings is 1. The molecule has 94 valence electrons. The standard InChI is InChI=1S/C12H19N3O2/c1-15(2)7-10-11(3-4-12(13)14-10)17-9-5-6-16-8-9/h3-4,9H,5-8H2,1-2H3,(H2,13,14). The van der Waals surface area contributed by atoms with Crippen LogP contribution in [-0.2, 0) is 11.3 Å². The number of nitrogens with two attached hydrogens (primary N) is 1. The van der Waals surface area contributed by atoms with E-state index in [2.05, 4.69) is 4.98 Å². The van der Waals surface area contributed by atoms with Crippen molar-refractivity contribution in [2.75, 3.05) is 33.0 Å². The average molecular weight is 237 g/mol. The highest BCUT2D eigenvalue weighted by Crippen LogP contribution is 2.22. The molecule has 2 N–H and O–H groups in total.